The molecule has 1 unspecified atom stereocenters. The lowest BCUT2D eigenvalue weighted by molar-refractivity contribution is 0.0695. The second-order valence-corrected chi connectivity index (χ2v) is 7.67. The Labute approximate surface area is 131 Å². The third-order valence-corrected chi connectivity index (χ3v) is 6.22. The number of hydrogen-bond donors (Lipinski definition) is 0. The Balaban J connectivity index is 1.75. The predicted octanol–water partition coefficient (Wildman–Crippen LogP) is 0.541. The van der Waals surface area contributed by atoms with E-state index in [1.165, 1.54) is 4.31 Å². The number of morpholine rings is 1. The van der Waals surface area contributed by atoms with Crippen LogP contribution in [0.15, 0.2) is 12.3 Å². The fourth-order valence-corrected chi connectivity index (χ4v) is 4.70. The SMILES string of the molecule is Cc1nccc(C2CCCN(S(=O)(=O)N3CCOCC3)C2)n1. The molecule has 2 fully saturated rings. The molecule has 0 amide bonds. The van der Waals surface area contributed by atoms with Gasteiger partial charge in [-0.05, 0) is 25.8 Å². The lowest BCUT2D eigenvalue weighted by Gasteiger charge is -2.36. The topological polar surface area (TPSA) is 75.6 Å². The maximum absolute atomic E-state index is 12.7. The second kappa shape index (κ2) is 6.57. The van der Waals surface area contributed by atoms with Gasteiger partial charge < -0.3 is 4.74 Å². The minimum absolute atomic E-state index is 0.145. The Morgan fingerprint density at radius 3 is 2.73 bits per heavy atom. The van der Waals surface area contributed by atoms with E-state index in [0.717, 1.165) is 24.4 Å². The molecule has 3 heterocycles. The fourth-order valence-electron chi connectivity index (χ4n) is 3.04. The highest BCUT2D eigenvalue weighted by atomic mass is 32.2. The molecule has 1 atom stereocenters. The Morgan fingerprint density at radius 1 is 1.23 bits per heavy atom. The van der Waals surface area contributed by atoms with Crippen LogP contribution in [0.3, 0.4) is 0 Å². The molecule has 2 aliphatic rings. The predicted molar refractivity (Wildman–Crippen MR) is 81.6 cm³/mol. The van der Waals surface area contributed by atoms with Crippen molar-refractivity contribution >= 4 is 10.2 Å². The van der Waals surface area contributed by atoms with Gasteiger partial charge in [0.1, 0.15) is 5.82 Å². The normalized spacial score (nSPS) is 25.2. The van der Waals surface area contributed by atoms with Crippen LogP contribution in [-0.2, 0) is 14.9 Å². The van der Waals surface area contributed by atoms with Crippen LogP contribution >= 0.6 is 0 Å². The fraction of sp³-hybridized carbons (Fsp3) is 0.714. The van der Waals surface area contributed by atoms with E-state index in [2.05, 4.69) is 9.97 Å². The van der Waals surface area contributed by atoms with Crippen LogP contribution in [0.2, 0.25) is 0 Å². The smallest absolute Gasteiger partial charge is 0.282 e. The monoisotopic (exact) mass is 326 g/mol. The van der Waals surface area contributed by atoms with Crippen molar-refractivity contribution in [3.63, 3.8) is 0 Å². The van der Waals surface area contributed by atoms with Gasteiger partial charge in [-0.25, -0.2) is 9.97 Å². The van der Waals surface area contributed by atoms with E-state index in [1.54, 1.807) is 10.5 Å². The van der Waals surface area contributed by atoms with E-state index in [9.17, 15) is 8.42 Å². The Hall–Kier alpha value is -1.09. The van der Waals surface area contributed by atoms with Crippen LogP contribution < -0.4 is 0 Å². The van der Waals surface area contributed by atoms with Crippen molar-refractivity contribution in [1.82, 2.24) is 18.6 Å². The first-order valence-corrected chi connectivity index (χ1v) is 9.09. The molecule has 2 aliphatic heterocycles. The van der Waals surface area contributed by atoms with Crippen LogP contribution in [0.1, 0.15) is 30.3 Å². The van der Waals surface area contributed by atoms with Crippen molar-refractivity contribution in [3.05, 3.63) is 23.8 Å². The number of ether oxygens (including phenoxy) is 1. The van der Waals surface area contributed by atoms with Crippen molar-refractivity contribution < 1.29 is 13.2 Å². The number of nitrogens with zero attached hydrogens (tertiary/aromatic N) is 4. The summed E-state index contributed by atoms with van der Waals surface area (Å²) in [5.74, 6) is 0.872. The second-order valence-electron chi connectivity index (χ2n) is 5.75. The van der Waals surface area contributed by atoms with Crippen molar-refractivity contribution in [2.45, 2.75) is 25.7 Å². The molecule has 1 aromatic heterocycles. The van der Waals surface area contributed by atoms with E-state index in [4.69, 9.17) is 4.74 Å². The van der Waals surface area contributed by atoms with Crippen molar-refractivity contribution in [2.24, 2.45) is 0 Å². The Morgan fingerprint density at radius 2 is 2.00 bits per heavy atom. The summed E-state index contributed by atoms with van der Waals surface area (Å²) in [6, 6.07) is 1.89. The van der Waals surface area contributed by atoms with Crippen molar-refractivity contribution in [1.29, 1.82) is 0 Å². The van der Waals surface area contributed by atoms with Crippen LogP contribution in [-0.4, -0.2) is 66.4 Å². The zero-order chi connectivity index (χ0) is 15.6. The van der Waals surface area contributed by atoms with Crippen LogP contribution in [0.25, 0.3) is 0 Å². The van der Waals surface area contributed by atoms with Gasteiger partial charge in [0, 0.05) is 44.0 Å². The molecule has 2 saturated heterocycles. The van der Waals surface area contributed by atoms with Gasteiger partial charge in [0.05, 0.1) is 13.2 Å². The third kappa shape index (κ3) is 3.29. The van der Waals surface area contributed by atoms with Crippen molar-refractivity contribution in [3.8, 4) is 0 Å². The van der Waals surface area contributed by atoms with Gasteiger partial charge in [-0.2, -0.15) is 17.0 Å². The molecule has 0 N–H and O–H groups in total. The molecule has 7 nitrogen and oxygen atoms in total. The average molecular weight is 326 g/mol. The van der Waals surface area contributed by atoms with E-state index in [1.807, 2.05) is 13.0 Å². The molecule has 1 aromatic rings. The van der Waals surface area contributed by atoms with E-state index < -0.39 is 10.2 Å². The van der Waals surface area contributed by atoms with Gasteiger partial charge in [0.25, 0.3) is 10.2 Å². The zero-order valence-electron chi connectivity index (χ0n) is 12.8. The largest absolute Gasteiger partial charge is 0.379 e. The molecule has 122 valence electrons. The standard InChI is InChI=1S/C14H22N4O3S/c1-12-15-5-4-14(16-12)13-3-2-6-18(11-13)22(19,20)17-7-9-21-10-8-17/h4-5,13H,2-3,6-11H2,1H3. The molecular weight excluding hydrogens is 304 g/mol. The molecule has 0 spiro atoms. The molecule has 0 radical (unpaired) electrons. The summed E-state index contributed by atoms with van der Waals surface area (Å²) in [6.07, 6.45) is 3.57. The first kappa shape index (κ1) is 15.8. The zero-order valence-corrected chi connectivity index (χ0v) is 13.6. The third-order valence-electron chi connectivity index (χ3n) is 4.22. The maximum Gasteiger partial charge on any atom is 0.282 e. The summed E-state index contributed by atoms with van der Waals surface area (Å²) in [6.45, 7) is 4.76. The van der Waals surface area contributed by atoms with Gasteiger partial charge in [-0.15, -0.1) is 0 Å². The van der Waals surface area contributed by atoms with Gasteiger partial charge in [0.2, 0.25) is 0 Å². The molecular formula is C14H22N4O3S. The molecule has 0 aliphatic carbocycles. The van der Waals surface area contributed by atoms with Crippen LogP contribution in [0, 0.1) is 6.92 Å². The summed E-state index contributed by atoms with van der Waals surface area (Å²) in [5, 5.41) is 0. The van der Waals surface area contributed by atoms with Gasteiger partial charge >= 0.3 is 0 Å². The summed E-state index contributed by atoms with van der Waals surface area (Å²) in [7, 11) is -3.39. The number of aromatic nitrogens is 2. The summed E-state index contributed by atoms with van der Waals surface area (Å²) in [4.78, 5) is 8.57. The highest BCUT2D eigenvalue weighted by Gasteiger charge is 2.35. The molecule has 0 bridgehead atoms. The highest BCUT2D eigenvalue weighted by Crippen LogP contribution is 2.28. The summed E-state index contributed by atoms with van der Waals surface area (Å²) < 4.78 is 33.9. The lowest BCUT2D eigenvalue weighted by Crippen LogP contribution is -2.51. The first-order chi connectivity index (χ1) is 10.6. The van der Waals surface area contributed by atoms with Crippen LogP contribution in [0.5, 0.6) is 0 Å². The van der Waals surface area contributed by atoms with Crippen molar-refractivity contribution in [2.75, 3.05) is 39.4 Å². The molecule has 0 aromatic carbocycles. The van der Waals surface area contributed by atoms with Gasteiger partial charge in [0.15, 0.2) is 0 Å². The minimum atomic E-state index is -3.39. The first-order valence-electron chi connectivity index (χ1n) is 7.70. The molecule has 22 heavy (non-hydrogen) atoms. The van der Waals surface area contributed by atoms with E-state index in [0.29, 0.717) is 39.4 Å². The lowest BCUT2D eigenvalue weighted by atomic mass is 9.96. The maximum atomic E-state index is 12.7. The van der Waals surface area contributed by atoms with Crippen LogP contribution in [0.4, 0.5) is 0 Å². The van der Waals surface area contributed by atoms with Gasteiger partial charge in [-0.1, -0.05) is 0 Å². The number of piperidine rings is 1. The minimum Gasteiger partial charge on any atom is -0.379 e. The van der Waals surface area contributed by atoms with E-state index >= 15 is 0 Å². The highest BCUT2D eigenvalue weighted by molar-refractivity contribution is 7.86. The Bertz CT molecular complexity index is 616. The molecule has 3 rings (SSSR count). The summed E-state index contributed by atoms with van der Waals surface area (Å²) >= 11 is 0. The van der Waals surface area contributed by atoms with Gasteiger partial charge in [-0.3, -0.25) is 0 Å². The van der Waals surface area contributed by atoms with E-state index in [-0.39, 0.29) is 5.92 Å². The average Bonchev–Trinajstić information content (AvgIpc) is 2.56. The molecule has 8 heteroatoms. The Kier molecular flexibility index (Phi) is 4.72. The number of hydrogen-bond acceptors (Lipinski definition) is 5. The molecule has 0 saturated carbocycles. The summed E-state index contributed by atoms with van der Waals surface area (Å²) in [5.41, 5.74) is 0.939. The number of aryl methyl sites for hydroxylation is 1. The number of rotatable bonds is 3. The quantitative estimate of drug-likeness (QED) is 0.810.